The van der Waals surface area contributed by atoms with Gasteiger partial charge in [-0.15, -0.1) is 0 Å². The van der Waals surface area contributed by atoms with Crippen LogP contribution in [0.15, 0.2) is 90.1 Å². The summed E-state index contributed by atoms with van der Waals surface area (Å²) in [6, 6.07) is 5.14. The molecule has 2 aliphatic rings. The Balaban J connectivity index is 1.07. The Bertz CT molecular complexity index is 3620. The third kappa shape index (κ3) is 24.6. The first kappa shape index (κ1) is 83.0. The molecule has 34 nitrogen and oxygen atoms in total. The van der Waals surface area contributed by atoms with Crippen molar-refractivity contribution in [3.05, 3.63) is 102 Å². The van der Waals surface area contributed by atoms with Gasteiger partial charge < -0.3 is 111 Å². The van der Waals surface area contributed by atoms with E-state index in [1.165, 1.54) is 35.7 Å². The zero-order valence-electron chi connectivity index (χ0n) is 58.4. The minimum Gasteiger partial charge on any atom is -0.508 e. The number of benzene rings is 3. The van der Waals surface area contributed by atoms with Gasteiger partial charge >= 0.3 is 5.97 Å². The normalized spacial score (nSPS) is 17.3. The molecular weight excluding hydrogens is 1370 g/mol. The standard InChI is InChI=1S/C69H99N17O17S/c1-38(57(91)77-47(18-9-10-27-70)59(93)78-48(26-31-104-3)60(94)80-50(34-42-35-75-46-17-8-7-16-44(42)46)61(95)79-49(68(102)103)19-11-28-74-69(72)73)76-65(99)56(39(2)89)84-62(96)52(36-87)82-63(97)54-20-13-30-86(54)67(101)53(37-88)83-64(98)55-21-12-29-85(55)66(100)51(33-41-22-24-43(90)25-23-41)81-58(92)45(71)32-40-14-5-4-6-15-40/h4-8,14-17,22-25,35,38-39,45,47-56,75,87-90H,9-13,18-21,26-34,36-37,70-71H2,1-3H3,(H,76,99)(H,77,91)(H,78,93)(H,79,95)(H,80,94)(H,81,92)(H,82,97)(H,83,98)(H,84,96)(H,102,103)(H4,72,73,74)/t38-,39+,45-,47-,48-,49-,50-,51-,52-,53-,54-,55-,56-/m0/s1. The largest absolute Gasteiger partial charge is 0.508 e. The molecule has 104 heavy (non-hydrogen) atoms. The van der Waals surface area contributed by atoms with E-state index in [1.807, 2.05) is 6.07 Å². The monoisotopic (exact) mass is 1470 g/mol. The van der Waals surface area contributed by atoms with E-state index in [1.54, 1.807) is 73.1 Å². The number of hydrogen-bond acceptors (Lipinski definition) is 20. The average Bonchev–Trinajstić information content (AvgIpc) is 1.45. The molecule has 11 amide bonds. The number of aromatic amines is 1. The van der Waals surface area contributed by atoms with Crippen molar-refractivity contribution < 1.29 is 83.1 Å². The highest BCUT2D eigenvalue weighted by Crippen LogP contribution is 2.24. The lowest BCUT2D eigenvalue weighted by Crippen LogP contribution is -2.62. The maximum absolute atomic E-state index is 14.4. The number of aliphatic imine (C=N–C) groups is 1. The number of H-pyrrole nitrogens is 1. The second-order valence-electron chi connectivity index (χ2n) is 25.7. The number of aliphatic hydroxyl groups excluding tert-OH is 3. The SMILES string of the molecule is CSCC[C@H](NC(=O)[C@H](CCCCN)NC(=O)[C@H](C)NC(=O)[C@@H](NC(=O)[C@H](CO)NC(=O)[C@@H]1CCCN1C(=O)[C@H](CO)NC(=O)[C@@H]1CCCN1C(=O)[C@H](Cc1ccc(O)cc1)NC(=O)[C@@H](N)Cc1ccccc1)[C@@H](C)O)C(=O)N[C@@H](Cc1c[nH]c2ccccc12)C(=O)N[C@@H](CCCN=C(N)N)C(=O)O. The van der Waals surface area contributed by atoms with Gasteiger partial charge in [-0.1, -0.05) is 60.7 Å². The zero-order valence-corrected chi connectivity index (χ0v) is 59.2. The van der Waals surface area contributed by atoms with Crippen LogP contribution in [0.3, 0.4) is 0 Å². The van der Waals surface area contributed by atoms with Gasteiger partial charge in [0.1, 0.15) is 72.2 Å². The van der Waals surface area contributed by atoms with Crippen molar-refractivity contribution in [1.29, 1.82) is 0 Å². The number of carbonyl (C=O) groups excluding carboxylic acids is 11. The van der Waals surface area contributed by atoms with Gasteiger partial charge in [0.05, 0.1) is 25.4 Å². The lowest BCUT2D eigenvalue weighted by Gasteiger charge is -2.32. The number of nitrogens with zero attached hydrogens (tertiary/aromatic N) is 3. The molecule has 568 valence electrons. The van der Waals surface area contributed by atoms with Gasteiger partial charge in [-0.05, 0) is 138 Å². The Morgan fingerprint density at radius 3 is 1.70 bits per heavy atom. The number of fused-ring (bicyclic) bond motifs is 1. The molecule has 2 aliphatic heterocycles. The predicted molar refractivity (Wildman–Crippen MR) is 384 cm³/mol. The molecule has 23 N–H and O–H groups in total. The molecule has 2 fully saturated rings. The maximum atomic E-state index is 14.4. The fourth-order valence-electron chi connectivity index (χ4n) is 12.1. The van der Waals surface area contributed by atoms with Crippen LogP contribution in [0.1, 0.15) is 94.7 Å². The Hall–Kier alpha value is -9.94. The first-order valence-corrected chi connectivity index (χ1v) is 35.9. The molecule has 1 aromatic heterocycles. The summed E-state index contributed by atoms with van der Waals surface area (Å²) in [6.07, 6.45) is 3.30. The Kier molecular flexibility index (Phi) is 33.0. The third-order valence-electron chi connectivity index (χ3n) is 17.8. The van der Waals surface area contributed by atoms with Crippen molar-refractivity contribution in [2.45, 2.75) is 176 Å². The lowest BCUT2D eigenvalue weighted by molar-refractivity contribution is -0.145. The van der Waals surface area contributed by atoms with Crippen molar-refractivity contribution in [2.75, 3.05) is 51.4 Å². The summed E-state index contributed by atoms with van der Waals surface area (Å²) >= 11 is 1.35. The van der Waals surface area contributed by atoms with Crippen LogP contribution in [-0.2, 0) is 76.8 Å². The number of carboxylic acid groups (broad SMARTS) is 1. The number of amides is 11. The summed E-state index contributed by atoms with van der Waals surface area (Å²) in [6.45, 7) is 0.684. The Morgan fingerprint density at radius 1 is 0.577 bits per heavy atom. The predicted octanol–water partition coefficient (Wildman–Crippen LogP) is -4.02. The van der Waals surface area contributed by atoms with Crippen LogP contribution in [0.4, 0.5) is 0 Å². The van der Waals surface area contributed by atoms with Gasteiger partial charge in [0, 0.05) is 49.6 Å². The molecule has 0 bridgehead atoms. The number of aromatic nitrogens is 1. The van der Waals surface area contributed by atoms with E-state index in [4.69, 9.17) is 22.9 Å². The van der Waals surface area contributed by atoms with Crippen molar-refractivity contribution >= 4 is 99.6 Å². The number of rotatable bonds is 41. The molecule has 35 heteroatoms. The number of aliphatic carboxylic acids is 1. The zero-order chi connectivity index (χ0) is 76.2. The van der Waals surface area contributed by atoms with Crippen LogP contribution in [0.2, 0.25) is 0 Å². The number of para-hydroxylation sites is 1. The topological polar surface area (TPSA) is 553 Å². The fourth-order valence-corrected chi connectivity index (χ4v) is 12.6. The summed E-state index contributed by atoms with van der Waals surface area (Å²) < 4.78 is 0. The summed E-state index contributed by atoms with van der Waals surface area (Å²) in [7, 11) is 0. The molecule has 2 saturated heterocycles. The molecule has 4 aromatic rings. The van der Waals surface area contributed by atoms with E-state index < -0.39 is 163 Å². The van der Waals surface area contributed by atoms with E-state index >= 15 is 0 Å². The lowest BCUT2D eigenvalue weighted by atomic mass is 10.0. The molecule has 0 unspecified atom stereocenters. The fraction of sp³-hybridized carbons (Fsp3) is 0.522. The van der Waals surface area contributed by atoms with E-state index in [-0.39, 0.29) is 102 Å². The summed E-state index contributed by atoms with van der Waals surface area (Å²) in [5, 5.41) is 75.3. The maximum Gasteiger partial charge on any atom is 0.326 e. The van der Waals surface area contributed by atoms with Gasteiger partial charge in [0.25, 0.3) is 0 Å². The second kappa shape index (κ2) is 41.4. The molecule has 0 spiro atoms. The van der Waals surface area contributed by atoms with Crippen LogP contribution >= 0.6 is 11.8 Å². The van der Waals surface area contributed by atoms with Crippen LogP contribution in [0.25, 0.3) is 10.9 Å². The molecule has 0 saturated carbocycles. The third-order valence-corrected chi connectivity index (χ3v) is 18.5. The Morgan fingerprint density at radius 2 is 1.11 bits per heavy atom. The number of nitrogens with one attached hydrogen (secondary N) is 10. The molecule has 3 aromatic carbocycles. The minimum atomic E-state index is -1.84. The summed E-state index contributed by atoms with van der Waals surface area (Å²) in [5.74, 6) is -10.9. The number of guanidine groups is 1. The van der Waals surface area contributed by atoms with E-state index in [0.29, 0.717) is 36.1 Å². The van der Waals surface area contributed by atoms with Gasteiger partial charge in [-0.25, -0.2) is 4.79 Å². The number of carbonyl (C=O) groups is 12. The second-order valence-corrected chi connectivity index (χ2v) is 26.7. The number of thioether (sulfide) groups is 1. The average molecular weight is 1470 g/mol. The summed E-state index contributed by atoms with van der Waals surface area (Å²) in [5.41, 5.74) is 25.6. The molecule has 6 rings (SSSR count). The molecule has 0 aliphatic carbocycles. The van der Waals surface area contributed by atoms with E-state index in [0.717, 1.165) is 28.3 Å². The van der Waals surface area contributed by atoms with Crippen molar-refractivity contribution in [3.63, 3.8) is 0 Å². The quantitative estimate of drug-likeness (QED) is 0.0114. The van der Waals surface area contributed by atoms with Crippen LogP contribution in [0.5, 0.6) is 5.75 Å². The van der Waals surface area contributed by atoms with Crippen molar-refractivity contribution in [1.82, 2.24) is 62.6 Å². The first-order valence-electron chi connectivity index (χ1n) is 34.5. The highest BCUT2D eigenvalue weighted by Gasteiger charge is 2.43. The van der Waals surface area contributed by atoms with Crippen molar-refractivity contribution in [2.24, 2.45) is 27.9 Å². The number of aromatic hydroxyl groups is 1. The van der Waals surface area contributed by atoms with Gasteiger partial charge in [-0.3, -0.25) is 57.7 Å². The molecular formula is C69H99N17O17S. The van der Waals surface area contributed by atoms with E-state index in [9.17, 15) is 83.1 Å². The number of phenols is 1. The van der Waals surface area contributed by atoms with Gasteiger partial charge in [-0.2, -0.15) is 11.8 Å². The van der Waals surface area contributed by atoms with Crippen molar-refractivity contribution in [3.8, 4) is 5.75 Å². The number of aliphatic hydroxyl groups is 3. The number of unbranched alkanes of at least 4 members (excludes halogenated alkanes) is 1. The van der Waals surface area contributed by atoms with E-state index in [2.05, 4.69) is 57.8 Å². The smallest absolute Gasteiger partial charge is 0.326 e. The van der Waals surface area contributed by atoms with Crippen LogP contribution < -0.4 is 70.8 Å². The number of nitrogens with two attached hydrogens (primary N) is 4. The number of carboxylic acids is 1. The van der Waals surface area contributed by atoms with Gasteiger partial charge in [0.2, 0.25) is 65.0 Å². The minimum absolute atomic E-state index is 0.0187. The number of phenolic OH excluding ortho intramolecular Hbond substituents is 1. The van der Waals surface area contributed by atoms with Crippen LogP contribution in [0, 0.1) is 0 Å². The number of likely N-dealkylation sites (tertiary alicyclic amines) is 2. The van der Waals surface area contributed by atoms with Gasteiger partial charge in [0.15, 0.2) is 5.96 Å². The first-order chi connectivity index (χ1) is 49.7. The molecule has 0 radical (unpaired) electrons. The highest BCUT2D eigenvalue weighted by atomic mass is 32.2. The highest BCUT2D eigenvalue weighted by molar-refractivity contribution is 7.98. The number of hydrogen-bond donors (Lipinski definition) is 19. The summed E-state index contributed by atoms with van der Waals surface area (Å²) in [4.78, 5) is 176. The Labute approximate surface area is 605 Å². The molecule has 3 heterocycles. The molecule has 13 atom stereocenters. The van der Waals surface area contributed by atoms with Crippen LogP contribution in [-0.4, -0.2) is 247 Å².